The molecule has 1 aromatic heterocycles. The summed E-state index contributed by atoms with van der Waals surface area (Å²) in [6.45, 7) is 9.73. The Balaban J connectivity index is 2.22. The number of carboxylic acids is 1. The van der Waals surface area contributed by atoms with Crippen LogP contribution in [0.5, 0.6) is 0 Å². The molecule has 0 saturated carbocycles. The van der Waals surface area contributed by atoms with Crippen LogP contribution in [0.1, 0.15) is 36.8 Å². The standard InChI is InChI=1S/C14H23N3O2/c1-8-6-17(7-12(8)14(18)19)11(4)13-9(2)15-16(5)10(13)3/h8,11-12H,6-7H2,1-5H3,(H,18,19)/t8-,11?,12-/m1/s1. The minimum absolute atomic E-state index is 0.206. The van der Waals surface area contributed by atoms with Gasteiger partial charge in [0.05, 0.1) is 11.6 Å². The van der Waals surface area contributed by atoms with Crippen LogP contribution in [0.25, 0.3) is 0 Å². The van der Waals surface area contributed by atoms with Crippen molar-refractivity contribution < 1.29 is 9.90 Å². The summed E-state index contributed by atoms with van der Waals surface area (Å²) in [4.78, 5) is 13.5. The molecule has 0 amide bonds. The molecule has 19 heavy (non-hydrogen) atoms. The van der Waals surface area contributed by atoms with E-state index in [-0.39, 0.29) is 17.9 Å². The maximum absolute atomic E-state index is 11.2. The van der Waals surface area contributed by atoms with Crippen LogP contribution in [0, 0.1) is 25.7 Å². The van der Waals surface area contributed by atoms with Gasteiger partial charge in [0.2, 0.25) is 0 Å². The van der Waals surface area contributed by atoms with Crippen LogP contribution < -0.4 is 0 Å². The van der Waals surface area contributed by atoms with Crippen LogP contribution in [0.3, 0.4) is 0 Å². The molecule has 5 nitrogen and oxygen atoms in total. The van der Waals surface area contributed by atoms with Crippen molar-refractivity contribution in [2.75, 3.05) is 13.1 Å². The van der Waals surface area contributed by atoms with Gasteiger partial charge in [-0.15, -0.1) is 0 Å². The van der Waals surface area contributed by atoms with E-state index < -0.39 is 5.97 Å². The number of carbonyl (C=O) groups is 1. The van der Waals surface area contributed by atoms with Crippen molar-refractivity contribution in [2.45, 2.75) is 33.7 Å². The van der Waals surface area contributed by atoms with Gasteiger partial charge in [0.15, 0.2) is 0 Å². The molecule has 106 valence electrons. The smallest absolute Gasteiger partial charge is 0.308 e. The monoisotopic (exact) mass is 265 g/mol. The molecular formula is C14H23N3O2. The molecule has 1 aromatic rings. The Labute approximate surface area is 114 Å². The number of rotatable bonds is 3. The molecule has 2 heterocycles. The quantitative estimate of drug-likeness (QED) is 0.904. The van der Waals surface area contributed by atoms with Crippen LogP contribution in [0.15, 0.2) is 0 Å². The first-order valence-corrected chi connectivity index (χ1v) is 6.79. The Morgan fingerprint density at radius 2 is 2.05 bits per heavy atom. The van der Waals surface area contributed by atoms with Gasteiger partial charge in [0.25, 0.3) is 0 Å². The van der Waals surface area contributed by atoms with Gasteiger partial charge in [-0.25, -0.2) is 0 Å². The van der Waals surface area contributed by atoms with Crippen LogP contribution in [-0.4, -0.2) is 38.8 Å². The van der Waals surface area contributed by atoms with Crippen molar-refractivity contribution in [2.24, 2.45) is 18.9 Å². The third kappa shape index (κ3) is 2.39. The highest BCUT2D eigenvalue weighted by atomic mass is 16.4. The zero-order valence-corrected chi connectivity index (χ0v) is 12.3. The van der Waals surface area contributed by atoms with Crippen LogP contribution in [0.2, 0.25) is 0 Å². The highest BCUT2D eigenvalue weighted by Crippen LogP contribution is 2.33. The second kappa shape index (κ2) is 4.96. The lowest BCUT2D eigenvalue weighted by atomic mass is 9.99. The van der Waals surface area contributed by atoms with Gasteiger partial charge in [-0.1, -0.05) is 6.92 Å². The van der Waals surface area contributed by atoms with Gasteiger partial charge in [-0.05, 0) is 26.7 Å². The lowest BCUT2D eigenvalue weighted by Crippen LogP contribution is -2.27. The summed E-state index contributed by atoms with van der Waals surface area (Å²) in [5, 5.41) is 13.7. The maximum atomic E-state index is 11.2. The Morgan fingerprint density at radius 3 is 2.47 bits per heavy atom. The predicted molar refractivity (Wildman–Crippen MR) is 73.0 cm³/mol. The fourth-order valence-electron chi connectivity index (χ4n) is 3.22. The Bertz CT molecular complexity index is 495. The molecule has 0 radical (unpaired) electrons. The molecule has 1 N–H and O–H groups in total. The van der Waals surface area contributed by atoms with Gasteiger partial charge in [-0.2, -0.15) is 5.10 Å². The van der Waals surface area contributed by atoms with E-state index in [0.717, 1.165) is 17.9 Å². The van der Waals surface area contributed by atoms with E-state index >= 15 is 0 Å². The lowest BCUT2D eigenvalue weighted by Gasteiger charge is -2.24. The minimum atomic E-state index is -0.679. The minimum Gasteiger partial charge on any atom is -0.481 e. The molecule has 0 aromatic carbocycles. The lowest BCUT2D eigenvalue weighted by molar-refractivity contribution is -0.142. The van der Waals surface area contributed by atoms with Crippen molar-refractivity contribution in [3.8, 4) is 0 Å². The van der Waals surface area contributed by atoms with Crippen molar-refractivity contribution in [3.63, 3.8) is 0 Å². The maximum Gasteiger partial charge on any atom is 0.308 e. The van der Waals surface area contributed by atoms with E-state index in [9.17, 15) is 9.90 Å². The summed E-state index contributed by atoms with van der Waals surface area (Å²) >= 11 is 0. The van der Waals surface area contributed by atoms with E-state index in [1.54, 1.807) is 0 Å². The summed E-state index contributed by atoms with van der Waals surface area (Å²) in [7, 11) is 1.95. The normalized spacial score (nSPS) is 25.7. The Kier molecular flexibility index (Phi) is 3.67. The highest BCUT2D eigenvalue weighted by Gasteiger charge is 2.37. The summed E-state index contributed by atoms with van der Waals surface area (Å²) in [5.74, 6) is -0.723. The van der Waals surface area contributed by atoms with Gasteiger partial charge in [0.1, 0.15) is 0 Å². The third-order valence-electron chi connectivity index (χ3n) is 4.49. The molecule has 1 saturated heterocycles. The van der Waals surface area contributed by atoms with Crippen molar-refractivity contribution in [1.29, 1.82) is 0 Å². The first-order valence-electron chi connectivity index (χ1n) is 6.79. The molecule has 0 spiro atoms. The van der Waals surface area contributed by atoms with Crippen molar-refractivity contribution >= 4 is 5.97 Å². The van der Waals surface area contributed by atoms with Gasteiger partial charge in [0, 0.05) is 37.4 Å². The van der Waals surface area contributed by atoms with Gasteiger partial charge < -0.3 is 5.11 Å². The fraction of sp³-hybridized carbons (Fsp3) is 0.714. The van der Waals surface area contributed by atoms with E-state index in [2.05, 4.69) is 23.8 Å². The van der Waals surface area contributed by atoms with Gasteiger partial charge >= 0.3 is 5.97 Å². The molecule has 1 fully saturated rings. The molecule has 5 heteroatoms. The van der Waals surface area contributed by atoms with Crippen LogP contribution >= 0.6 is 0 Å². The molecule has 1 unspecified atom stereocenters. The Morgan fingerprint density at radius 1 is 1.42 bits per heavy atom. The fourth-order valence-corrected chi connectivity index (χ4v) is 3.22. The molecule has 1 aliphatic rings. The van der Waals surface area contributed by atoms with Crippen molar-refractivity contribution in [3.05, 3.63) is 17.0 Å². The molecule has 1 aliphatic heterocycles. The summed E-state index contributed by atoms with van der Waals surface area (Å²) < 4.78 is 1.90. The summed E-state index contributed by atoms with van der Waals surface area (Å²) in [6.07, 6.45) is 0. The number of hydrogen-bond acceptors (Lipinski definition) is 3. The predicted octanol–water partition coefficient (Wildman–Crippen LogP) is 1.75. The zero-order chi connectivity index (χ0) is 14.3. The van der Waals surface area contributed by atoms with E-state index in [1.807, 2.05) is 25.6 Å². The first kappa shape index (κ1) is 14.1. The number of hydrogen-bond donors (Lipinski definition) is 1. The van der Waals surface area contributed by atoms with E-state index in [1.165, 1.54) is 5.56 Å². The van der Waals surface area contributed by atoms with E-state index in [4.69, 9.17) is 0 Å². The van der Waals surface area contributed by atoms with Crippen LogP contribution in [0.4, 0.5) is 0 Å². The van der Waals surface area contributed by atoms with Gasteiger partial charge in [-0.3, -0.25) is 14.4 Å². The second-order valence-electron chi connectivity index (χ2n) is 5.76. The topological polar surface area (TPSA) is 58.4 Å². The number of likely N-dealkylation sites (tertiary alicyclic amines) is 1. The molecule has 0 aliphatic carbocycles. The summed E-state index contributed by atoms with van der Waals surface area (Å²) in [5.41, 5.74) is 3.44. The number of aryl methyl sites for hydroxylation is 2. The molecule has 3 atom stereocenters. The first-order chi connectivity index (χ1) is 8.82. The Hall–Kier alpha value is -1.36. The molecular weight excluding hydrogens is 242 g/mol. The van der Waals surface area contributed by atoms with E-state index in [0.29, 0.717) is 6.54 Å². The third-order valence-corrected chi connectivity index (χ3v) is 4.49. The number of aromatic nitrogens is 2. The average Bonchev–Trinajstić information content (AvgIpc) is 2.81. The molecule has 0 bridgehead atoms. The van der Waals surface area contributed by atoms with Crippen LogP contribution in [-0.2, 0) is 11.8 Å². The largest absolute Gasteiger partial charge is 0.481 e. The number of aliphatic carboxylic acids is 1. The summed E-state index contributed by atoms with van der Waals surface area (Å²) in [6, 6.07) is 0.223. The average molecular weight is 265 g/mol. The second-order valence-corrected chi connectivity index (χ2v) is 5.76. The highest BCUT2D eigenvalue weighted by molar-refractivity contribution is 5.71. The number of nitrogens with zero attached hydrogens (tertiary/aromatic N) is 3. The SMILES string of the molecule is Cc1nn(C)c(C)c1C(C)N1C[C@@H](C)[C@H](C(=O)O)C1. The zero-order valence-electron chi connectivity index (χ0n) is 12.3. The van der Waals surface area contributed by atoms with Crippen molar-refractivity contribution in [1.82, 2.24) is 14.7 Å². The number of carboxylic acid groups (broad SMARTS) is 1. The molecule has 2 rings (SSSR count).